The van der Waals surface area contributed by atoms with Crippen molar-refractivity contribution in [1.29, 1.82) is 0 Å². The highest BCUT2D eigenvalue weighted by Gasteiger charge is 2.34. The van der Waals surface area contributed by atoms with E-state index in [0.29, 0.717) is 16.3 Å². The lowest BCUT2D eigenvalue weighted by molar-refractivity contribution is -0.140. The molecule has 2 aromatic rings. The zero-order valence-corrected chi connectivity index (χ0v) is 20.7. The van der Waals surface area contributed by atoms with Crippen LogP contribution in [0, 0.1) is 6.92 Å². The molecular formula is C25H32ClN3O4. The number of ether oxygens (including phenoxy) is 1. The molecule has 2 rings (SSSR count). The molecule has 0 spiro atoms. The number of hydrogen-bond acceptors (Lipinski definition) is 4. The number of anilines is 1. The fourth-order valence-corrected chi connectivity index (χ4v) is 3.61. The number of amides is 3. The molecule has 1 unspecified atom stereocenters. The van der Waals surface area contributed by atoms with Crippen LogP contribution >= 0.6 is 11.6 Å². The molecular weight excluding hydrogens is 442 g/mol. The Morgan fingerprint density at radius 1 is 1.03 bits per heavy atom. The molecule has 2 N–H and O–H groups in total. The second-order valence-electron chi connectivity index (χ2n) is 8.98. The predicted octanol–water partition coefficient (Wildman–Crippen LogP) is 5.09. The van der Waals surface area contributed by atoms with Gasteiger partial charge in [-0.2, -0.15) is 0 Å². The fourth-order valence-electron chi connectivity index (χ4n) is 3.34. The van der Waals surface area contributed by atoms with Gasteiger partial charge in [0.25, 0.3) is 5.91 Å². The van der Waals surface area contributed by atoms with Gasteiger partial charge in [-0.05, 0) is 58.7 Å². The van der Waals surface area contributed by atoms with Crippen molar-refractivity contribution < 1.29 is 19.1 Å². The SMILES string of the molecule is Cc1cccc(Cl)c1NC(=O)C(c1ccccc1)N(C(=O)CNC(=O)OC(C)(C)C)C(C)C. The number of halogens is 1. The zero-order valence-electron chi connectivity index (χ0n) is 19.9. The summed E-state index contributed by atoms with van der Waals surface area (Å²) >= 11 is 6.31. The Labute approximate surface area is 200 Å². The molecule has 0 saturated carbocycles. The molecule has 0 radical (unpaired) electrons. The lowest BCUT2D eigenvalue weighted by Gasteiger charge is -2.35. The quantitative estimate of drug-likeness (QED) is 0.586. The number of benzene rings is 2. The van der Waals surface area contributed by atoms with Gasteiger partial charge in [-0.1, -0.05) is 54.1 Å². The smallest absolute Gasteiger partial charge is 0.408 e. The molecule has 0 heterocycles. The minimum atomic E-state index is -0.935. The van der Waals surface area contributed by atoms with Gasteiger partial charge in [0, 0.05) is 6.04 Å². The summed E-state index contributed by atoms with van der Waals surface area (Å²) in [7, 11) is 0. The maximum absolute atomic E-state index is 13.5. The lowest BCUT2D eigenvalue weighted by atomic mass is 10.0. The Bertz CT molecular complexity index is 967. The highest BCUT2D eigenvalue weighted by atomic mass is 35.5. The molecule has 0 saturated heterocycles. The largest absolute Gasteiger partial charge is 0.444 e. The van der Waals surface area contributed by atoms with Gasteiger partial charge in [0.2, 0.25) is 5.91 Å². The first-order chi connectivity index (χ1) is 15.4. The van der Waals surface area contributed by atoms with Crippen LogP contribution in [-0.2, 0) is 14.3 Å². The third-order valence-corrected chi connectivity index (χ3v) is 5.05. The van der Waals surface area contributed by atoms with Crippen molar-refractivity contribution in [2.45, 2.75) is 59.2 Å². The minimum absolute atomic E-state index is 0.311. The Morgan fingerprint density at radius 3 is 2.21 bits per heavy atom. The summed E-state index contributed by atoms with van der Waals surface area (Å²) in [5.41, 5.74) is 1.24. The maximum atomic E-state index is 13.5. The van der Waals surface area contributed by atoms with E-state index in [9.17, 15) is 14.4 Å². The Morgan fingerprint density at radius 2 is 1.67 bits per heavy atom. The van der Waals surface area contributed by atoms with Crippen LogP contribution in [0.3, 0.4) is 0 Å². The number of para-hydroxylation sites is 1. The van der Waals surface area contributed by atoms with Gasteiger partial charge in [0.15, 0.2) is 0 Å². The second kappa shape index (κ2) is 11.2. The van der Waals surface area contributed by atoms with Crippen LogP contribution in [0.15, 0.2) is 48.5 Å². The molecule has 3 amide bonds. The summed E-state index contributed by atoms with van der Waals surface area (Å²) in [6, 6.07) is 13.1. The van der Waals surface area contributed by atoms with E-state index in [1.165, 1.54) is 4.90 Å². The van der Waals surface area contributed by atoms with Gasteiger partial charge >= 0.3 is 6.09 Å². The van der Waals surface area contributed by atoms with E-state index < -0.39 is 29.6 Å². The molecule has 0 aliphatic carbocycles. The molecule has 0 aliphatic rings. The Kier molecular flexibility index (Phi) is 8.88. The van der Waals surface area contributed by atoms with Gasteiger partial charge < -0.3 is 20.3 Å². The number of carbonyl (C=O) groups excluding carboxylic acids is 3. The van der Waals surface area contributed by atoms with E-state index in [2.05, 4.69) is 10.6 Å². The maximum Gasteiger partial charge on any atom is 0.408 e. The molecule has 178 valence electrons. The number of nitrogens with one attached hydrogen (secondary N) is 2. The molecule has 0 aliphatic heterocycles. The summed E-state index contributed by atoms with van der Waals surface area (Å²) in [6.07, 6.45) is -0.702. The summed E-state index contributed by atoms with van der Waals surface area (Å²) in [5, 5.41) is 5.78. The van der Waals surface area contributed by atoms with E-state index in [1.54, 1.807) is 57.2 Å². The van der Waals surface area contributed by atoms with Crippen LogP contribution < -0.4 is 10.6 Å². The predicted molar refractivity (Wildman–Crippen MR) is 130 cm³/mol. The monoisotopic (exact) mass is 473 g/mol. The summed E-state index contributed by atoms with van der Waals surface area (Å²) in [5.74, 6) is -0.826. The standard InChI is InChI=1S/C25H32ClN3O4/c1-16(2)29(20(30)15-27-24(32)33-25(4,5)6)22(18-12-8-7-9-13-18)23(31)28-21-17(3)11-10-14-19(21)26/h7-14,16,22H,15H2,1-6H3,(H,27,32)(H,28,31). The first-order valence-electron chi connectivity index (χ1n) is 10.8. The van der Waals surface area contributed by atoms with Crippen LogP contribution in [0.1, 0.15) is 51.8 Å². The molecule has 0 bridgehead atoms. The minimum Gasteiger partial charge on any atom is -0.444 e. The molecule has 8 heteroatoms. The van der Waals surface area contributed by atoms with Crippen molar-refractivity contribution in [3.63, 3.8) is 0 Å². The third-order valence-electron chi connectivity index (χ3n) is 4.74. The molecule has 0 fully saturated rings. The summed E-state index contributed by atoms with van der Waals surface area (Å²) in [6.45, 7) is 10.4. The summed E-state index contributed by atoms with van der Waals surface area (Å²) < 4.78 is 5.21. The summed E-state index contributed by atoms with van der Waals surface area (Å²) in [4.78, 5) is 40.2. The highest BCUT2D eigenvalue weighted by Crippen LogP contribution is 2.29. The first-order valence-corrected chi connectivity index (χ1v) is 11.2. The molecule has 7 nitrogen and oxygen atoms in total. The highest BCUT2D eigenvalue weighted by molar-refractivity contribution is 6.34. The normalized spacial score (nSPS) is 12.1. The van der Waals surface area contributed by atoms with Crippen molar-refractivity contribution in [3.8, 4) is 0 Å². The van der Waals surface area contributed by atoms with E-state index in [-0.39, 0.29) is 12.6 Å². The molecule has 2 aromatic carbocycles. The topological polar surface area (TPSA) is 87.7 Å². The average Bonchev–Trinajstić information content (AvgIpc) is 2.72. The van der Waals surface area contributed by atoms with Crippen molar-refractivity contribution in [2.75, 3.05) is 11.9 Å². The fraction of sp³-hybridized carbons (Fsp3) is 0.400. The Hall–Kier alpha value is -3.06. The number of carbonyl (C=O) groups is 3. The Balaban J connectivity index is 2.34. The zero-order chi connectivity index (χ0) is 24.8. The third kappa shape index (κ3) is 7.49. The van der Waals surface area contributed by atoms with Gasteiger partial charge in [0.1, 0.15) is 18.2 Å². The number of aryl methyl sites for hydroxylation is 1. The lowest BCUT2D eigenvalue weighted by Crippen LogP contribution is -2.49. The van der Waals surface area contributed by atoms with E-state index in [4.69, 9.17) is 16.3 Å². The van der Waals surface area contributed by atoms with Crippen LogP contribution in [-0.4, -0.2) is 41.0 Å². The van der Waals surface area contributed by atoms with Crippen LogP contribution in [0.4, 0.5) is 10.5 Å². The number of hydrogen-bond donors (Lipinski definition) is 2. The molecule has 0 aromatic heterocycles. The molecule has 33 heavy (non-hydrogen) atoms. The van der Waals surface area contributed by atoms with Gasteiger partial charge in [0.05, 0.1) is 10.7 Å². The van der Waals surface area contributed by atoms with Crippen LogP contribution in [0.5, 0.6) is 0 Å². The van der Waals surface area contributed by atoms with E-state index in [1.807, 2.05) is 32.9 Å². The van der Waals surface area contributed by atoms with Gasteiger partial charge in [-0.25, -0.2) is 4.79 Å². The number of alkyl carbamates (subject to hydrolysis) is 1. The van der Waals surface area contributed by atoms with Crippen molar-refractivity contribution in [2.24, 2.45) is 0 Å². The van der Waals surface area contributed by atoms with Gasteiger partial charge in [-0.15, -0.1) is 0 Å². The second-order valence-corrected chi connectivity index (χ2v) is 9.39. The van der Waals surface area contributed by atoms with Crippen molar-refractivity contribution in [1.82, 2.24) is 10.2 Å². The average molecular weight is 474 g/mol. The van der Waals surface area contributed by atoms with Gasteiger partial charge in [-0.3, -0.25) is 9.59 Å². The van der Waals surface area contributed by atoms with Crippen molar-refractivity contribution in [3.05, 3.63) is 64.7 Å². The van der Waals surface area contributed by atoms with E-state index in [0.717, 1.165) is 5.56 Å². The van der Waals surface area contributed by atoms with Crippen molar-refractivity contribution >= 4 is 35.2 Å². The number of nitrogens with zero attached hydrogens (tertiary/aromatic N) is 1. The van der Waals surface area contributed by atoms with Crippen LogP contribution in [0.25, 0.3) is 0 Å². The molecule has 1 atom stereocenters. The number of rotatable bonds is 7. The van der Waals surface area contributed by atoms with Crippen LogP contribution in [0.2, 0.25) is 5.02 Å². The van der Waals surface area contributed by atoms with E-state index >= 15 is 0 Å². The first kappa shape index (κ1) is 26.2.